The molecule has 0 saturated carbocycles. The zero-order valence-corrected chi connectivity index (χ0v) is 13.0. The van der Waals surface area contributed by atoms with Crippen molar-refractivity contribution >= 4 is 21.6 Å². The molecule has 0 aromatic heterocycles. The van der Waals surface area contributed by atoms with Crippen LogP contribution in [0.15, 0.2) is 17.0 Å². The number of anilines is 1. The molecule has 1 aromatic carbocycles. The van der Waals surface area contributed by atoms with Crippen LogP contribution in [-0.2, 0) is 14.8 Å². The number of benzene rings is 1. The van der Waals surface area contributed by atoms with E-state index in [-0.39, 0.29) is 30.3 Å². The number of carbonyl (C=O) groups is 1. The molecule has 0 spiro atoms. The number of carbonyl (C=O) groups excluding carboxylic acids is 1. The van der Waals surface area contributed by atoms with Gasteiger partial charge in [0.25, 0.3) is 0 Å². The molecular weight excluding hydrogens is 292 g/mol. The van der Waals surface area contributed by atoms with Gasteiger partial charge in [-0.25, -0.2) is 8.42 Å². The molecule has 0 bridgehead atoms. The maximum absolute atomic E-state index is 12.8. The minimum atomic E-state index is -3.62. The first-order valence-electron chi connectivity index (χ1n) is 6.71. The van der Waals surface area contributed by atoms with Gasteiger partial charge in [0, 0.05) is 31.7 Å². The van der Waals surface area contributed by atoms with Crippen molar-refractivity contribution in [2.75, 3.05) is 25.1 Å². The lowest BCUT2D eigenvalue weighted by atomic mass is 10.1. The predicted octanol–water partition coefficient (Wildman–Crippen LogP) is 0.0996. The minimum absolute atomic E-state index is 0.121. The topological polar surface area (TPSA) is 105 Å². The Kier molecular flexibility index (Phi) is 4.50. The molecule has 1 aliphatic rings. The van der Waals surface area contributed by atoms with Gasteiger partial charge in [-0.3, -0.25) is 10.6 Å². The molecule has 21 heavy (non-hydrogen) atoms. The Labute approximate surface area is 124 Å². The second kappa shape index (κ2) is 6.00. The number of nitrogens with two attached hydrogens (primary N) is 1. The molecule has 0 atom stereocenters. The van der Waals surface area contributed by atoms with E-state index in [0.717, 1.165) is 0 Å². The number of nitrogens with zero attached hydrogens (tertiary/aromatic N) is 1. The van der Waals surface area contributed by atoms with Gasteiger partial charge in [-0.15, -0.1) is 0 Å². The number of rotatable bonds is 3. The average molecular weight is 312 g/mol. The van der Waals surface area contributed by atoms with Crippen LogP contribution in [0.25, 0.3) is 0 Å². The Bertz CT molecular complexity index is 634. The predicted molar refractivity (Wildman–Crippen MR) is 80.1 cm³/mol. The van der Waals surface area contributed by atoms with Crippen LogP contribution in [0.1, 0.15) is 17.5 Å². The molecule has 1 heterocycles. The van der Waals surface area contributed by atoms with Gasteiger partial charge in [0.2, 0.25) is 15.9 Å². The SMILES string of the molecule is Cc1cc(NN)cc(C)c1S(=O)(=O)N1CCNC(=O)CC1. The zero-order valence-electron chi connectivity index (χ0n) is 12.1. The van der Waals surface area contributed by atoms with E-state index in [9.17, 15) is 13.2 Å². The summed E-state index contributed by atoms with van der Waals surface area (Å²) in [7, 11) is -3.62. The summed E-state index contributed by atoms with van der Waals surface area (Å²) in [6.07, 6.45) is 0.180. The summed E-state index contributed by atoms with van der Waals surface area (Å²) in [5.41, 5.74) is 4.45. The van der Waals surface area contributed by atoms with Gasteiger partial charge in [-0.05, 0) is 37.1 Å². The van der Waals surface area contributed by atoms with Gasteiger partial charge in [0.15, 0.2) is 0 Å². The Morgan fingerprint density at radius 3 is 2.43 bits per heavy atom. The van der Waals surface area contributed by atoms with E-state index >= 15 is 0 Å². The molecule has 0 radical (unpaired) electrons. The normalized spacial score (nSPS) is 17.2. The monoisotopic (exact) mass is 312 g/mol. The summed E-state index contributed by atoms with van der Waals surface area (Å²) in [5.74, 6) is 5.25. The maximum Gasteiger partial charge on any atom is 0.243 e. The van der Waals surface area contributed by atoms with Crippen LogP contribution < -0.4 is 16.6 Å². The van der Waals surface area contributed by atoms with Crippen molar-refractivity contribution < 1.29 is 13.2 Å². The molecule has 1 fully saturated rings. The molecule has 8 heteroatoms. The lowest BCUT2D eigenvalue weighted by Gasteiger charge is -2.22. The number of hydrogen-bond acceptors (Lipinski definition) is 5. The first-order valence-corrected chi connectivity index (χ1v) is 8.15. The van der Waals surface area contributed by atoms with E-state index in [1.54, 1.807) is 26.0 Å². The van der Waals surface area contributed by atoms with Crippen LogP contribution in [0.3, 0.4) is 0 Å². The summed E-state index contributed by atoms with van der Waals surface area (Å²) in [5, 5.41) is 2.67. The minimum Gasteiger partial charge on any atom is -0.355 e. The van der Waals surface area contributed by atoms with Gasteiger partial charge >= 0.3 is 0 Å². The number of aryl methyl sites for hydroxylation is 2. The highest BCUT2D eigenvalue weighted by Gasteiger charge is 2.29. The smallest absolute Gasteiger partial charge is 0.243 e. The highest BCUT2D eigenvalue weighted by molar-refractivity contribution is 7.89. The summed E-state index contributed by atoms with van der Waals surface area (Å²) >= 11 is 0. The van der Waals surface area contributed by atoms with Gasteiger partial charge in [-0.2, -0.15) is 4.31 Å². The van der Waals surface area contributed by atoms with E-state index in [4.69, 9.17) is 5.84 Å². The molecule has 7 nitrogen and oxygen atoms in total. The third-order valence-corrected chi connectivity index (χ3v) is 5.70. The number of nitrogens with one attached hydrogen (secondary N) is 2. The van der Waals surface area contributed by atoms with Gasteiger partial charge in [0.05, 0.1) is 4.90 Å². The van der Waals surface area contributed by atoms with Gasteiger partial charge < -0.3 is 10.7 Å². The van der Waals surface area contributed by atoms with Crippen molar-refractivity contribution in [2.24, 2.45) is 5.84 Å². The van der Waals surface area contributed by atoms with Crippen LogP contribution in [0.4, 0.5) is 5.69 Å². The third kappa shape index (κ3) is 3.17. The Morgan fingerprint density at radius 2 is 1.86 bits per heavy atom. The molecule has 4 N–H and O–H groups in total. The molecule has 116 valence electrons. The van der Waals surface area contributed by atoms with Crippen molar-refractivity contribution in [1.82, 2.24) is 9.62 Å². The molecular formula is C13H20N4O3S. The zero-order chi connectivity index (χ0) is 15.6. The van der Waals surface area contributed by atoms with Crippen molar-refractivity contribution in [3.8, 4) is 0 Å². The van der Waals surface area contributed by atoms with E-state index in [1.165, 1.54) is 4.31 Å². The van der Waals surface area contributed by atoms with E-state index in [2.05, 4.69) is 10.7 Å². The van der Waals surface area contributed by atoms with E-state index < -0.39 is 10.0 Å². The van der Waals surface area contributed by atoms with Crippen LogP contribution in [-0.4, -0.2) is 38.3 Å². The van der Waals surface area contributed by atoms with E-state index in [1.807, 2.05) is 0 Å². The van der Waals surface area contributed by atoms with Crippen molar-refractivity contribution in [3.63, 3.8) is 0 Å². The Morgan fingerprint density at radius 1 is 1.24 bits per heavy atom. The second-order valence-corrected chi connectivity index (χ2v) is 6.96. The summed E-state index contributed by atoms with van der Waals surface area (Å²) in [6.45, 7) is 4.29. The highest BCUT2D eigenvalue weighted by atomic mass is 32.2. The summed E-state index contributed by atoms with van der Waals surface area (Å²) < 4.78 is 27.0. The number of nitrogen functional groups attached to an aromatic ring is 1. The number of amides is 1. The number of sulfonamides is 1. The lowest BCUT2D eigenvalue weighted by molar-refractivity contribution is -0.120. The fraction of sp³-hybridized carbons (Fsp3) is 0.462. The Balaban J connectivity index is 2.42. The van der Waals surface area contributed by atoms with Crippen molar-refractivity contribution in [2.45, 2.75) is 25.2 Å². The lowest BCUT2D eigenvalue weighted by Crippen LogP contribution is -2.35. The van der Waals surface area contributed by atoms with Gasteiger partial charge in [0.1, 0.15) is 0 Å². The van der Waals surface area contributed by atoms with Gasteiger partial charge in [-0.1, -0.05) is 0 Å². The number of hydrazine groups is 1. The van der Waals surface area contributed by atoms with Crippen LogP contribution in [0, 0.1) is 13.8 Å². The summed E-state index contributed by atoms with van der Waals surface area (Å²) in [4.78, 5) is 11.6. The standard InChI is InChI=1S/C13H20N4O3S/c1-9-7-11(16-14)8-10(2)13(9)21(19,20)17-5-3-12(18)15-4-6-17/h7-8,16H,3-6,14H2,1-2H3,(H,15,18). The molecule has 1 saturated heterocycles. The molecule has 1 aromatic rings. The summed E-state index contributed by atoms with van der Waals surface area (Å²) in [6, 6.07) is 3.39. The fourth-order valence-electron chi connectivity index (χ4n) is 2.56. The average Bonchev–Trinajstić information content (AvgIpc) is 2.62. The van der Waals surface area contributed by atoms with Crippen LogP contribution in [0.2, 0.25) is 0 Å². The maximum atomic E-state index is 12.8. The molecule has 1 amide bonds. The van der Waals surface area contributed by atoms with Crippen molar-refractivity contribution in [1.29, 1.82) is 0 Å². The molecule has 0 unspecified atom stereocenters. The largest absolute Gasteiger partial charge is 0.355 e. The fourth-order valence-corrected chi connectivity index (χ4v) is 4.41. The third-order valence-electron chi connectivity index (χ3n) is 3.50. The molecule has 2 rings (SSSR count). The highest BCUT2D eigenvalue weighted by Crippen LogP contribution is 2.27. The van der Waals surface area contributed by atoms with Crippen LogP contribution in [0.5, 0.6) is 0 Å². The second-order valence-electron chi connectivity index (χ2n) is 5.09. The van der Waals surface area contributed by atoms with Crippen LogP contribution >= 0.6 is 0 Å². The molecule has 0 aliphatic carbocycles. The first-order chi connectivity index (χ1) is 9.86. The Hall–Kier alpha value is -1.64. The first kappa shape index (κ1) is 15.7. The molecule has 1 aliphatic heterocycles. The quantitative estimate of drug-likeness (QED) is 0.542. The van der Waals surface area contributed by atoms with Crippen molar-refractivity contribution in [3.05, 3.63) is 23.3 Å². The number of hydrogen-bond donors (Lipinski definition) is 3. The van der Waals surface area contributed by atoms with E-state index in [0.29, 0.717) is 23.4 Å².